The van der Waals surface area contributed by atoms with E-state index in [9.17, 15) is 8.78 Å². The van der Waals surface area contributed by atoms with Crippen LogP contribution in [0.3, 0.4) is 0 Å². The summed E-state index contributed by atoms with van der Waals surface area (Å²) in [5, 5.41) is 7.61. The molecule has 1 aromatic carbocycles. The van der Waals surface area contributed by atoms with Gasteiger partial charge in [-0.3, -0.25) is 0 Å². The highest BCUT2D eigenvalue weighted by Crippen LogP contribution is 2.24. The number of aromatic nitrogens is 4. The predicted molar refractivity (Wildman–Crippen MR) is 114 cm³/mol. The zero-order valence-electron chi connectivity index (χ0n) is 17.2. The fourth-order valence-corrected chi connectivity index (χ4v) is 3.01. The monoisotopic (exact) mass is 424 g/mol. The molecule has 9 heteroatoms. The normalized spacial score (nSPS) is 11.3. The van der Waals surface area contributed by atoms with Crippen LogP contribution in [0.15, 0.2) is 54.9 Å². The van der Waals surface area contributed by atoms with Gasteiger partial charge in [0.25, 0.3) is 0 Å². The second kappa shape index (κ2) is 9.05. The molecule has 7 nitrogen and oxygen atoms in total. The Morgan fingerprint density at radius 3 is 2.81 bits per heavy atom. The van der Waals surface area contributed by atoms with Gasteiger partial charge in [0.2, 0.25) is 5.88 Å². The lowest BCUT2D eigenvalue weighted by molar-refractivity contribution is 0.287. The van der Waals surface area contributed by atoms with Crippen LogP contribution in [0.1, 0.15) is 5.56 Å². The zero-order valence-corrected chi connectivity index (χ0v) is 17.2. The van der Waals surface area contributed by atoms with Crippen LogP contribution in [0, 0.1) is 11.6 Å². The number of likely N-dealkylation sites (N-methyl/N-ethyl adjacent to an activating group) is 1. The van der Waals surface area contributed by atoms with Crippen LogP contribution < -0.4 is 10.1 Å². The van der Waals surface area contributed by atoms with Gasteiger partial charge < -0.3 is 15.0 Å². The molecule has 1 N–H and O–H groups in total. The average Bonchev–Trinajstić information content (AvgIpc) is 3.17. The molecular formula is C22H22F2N6O. The number of pyridine rings is 1. The fourth-order valence-electron chi connectivity index (χ4n) is 3.01. The van der Waals surface area contributed by atoms with Gasteiger partial charge in [-0.05, 0) is 44.4 Å². The van der Waals surface area contributed by atoms with Crippen molar-refractivity contribution in [1.82, 2.24) is 24.5 Å². The Bertz CT molecular complexity index is 1190. The third-order valence-corrected chi connectivity index (χ3v) is 4.62. The first-order valence-electron chi connectivity index (χ1n) is 9.77. The Hall–Kier alpha value is -3.59. The van der Waals surface area contributed by atoms with Crippen LogP contribution in [0.5, 0.6) is 5.88 Å². The molecule has 0 amide bonds. The molecule has 0 bridgehead atoms. The van der Waals surface area contributed by atoms with Crippen molar-refractivity contribution in [3.05, 3.63) is 72.1 Å². The summed E-state index contributed by atoms with van der Waals surface area (Å²) in [6.07, 6.45) is 3.38. The molecule has 31 heavy (non-hydrogen) atoms. The maximum Gasteiger partial charge on any atom is 0.217 e. The van der Waals surface area contributed by atoms with Gasteiger partial charge in [0, 0.05) is 30.9 Å². The first-order chi connectivity index (χ1) is 15.0. The number of rotatable bonds is 8. The second-order valence-electron chi connectivity index (χ2n) is 7.25. The molecule has 0 aliphatic heterocycles. The van der Waals surface area contributed by atoms with Crippen LogP contribution in [0.25, 0.3) is 16.9 Å². The Kier molecular flexibility index (Phi) is 6.03. The van der Waals surface area contributed by atoms with Crippen LogP contribution in [0.2, 0.25) is 0 Å². The average molecular weight is 424 g/mol. The first-order valence-corrected chi connectivity index (χ1v) is 9.77. The summed E-state index contributed by atoms with van der Waals surface area (Å²) < 4.78 is 34.4. The van der Waals surface area contributed by atoms with Gasteiger partial charge in [0.05, 0.1) is 17.5 Å². The summed E-state index contributed by atoms with van der Waals surface area (Å²) in [7, 11) is 4.02. The van der Waals surface area contributed by atoms with Crippen LogP contribution in [0.4, 0.5) is 14.6 Å². The number of nitrogens with one attached hydrogen (secondary N) is 1. The van der Waals surface area contributed by atoms with E-state index < -0.39 is 11.6 Å². The van der Waals surface area contributed by atoms with Gasteiger partial charge in [-0.25, -0.2) is 18.3 Å². The summed E-state index contributed by atoms with van der Waals surface area (Å²) in [6.45, 7) is 1.52. The van der Waals surface area contributed by atoms with E-state index in [0.29, 0.717) is 11.3 Å². The largest absolute Gasteiger partial charge is 0.473 e. The molecule has 160 valence electrons. The lowest BCUT2D eigenvalue weighted by atomic mass is 10.2. The van der Waals surface area contributed by atoms with Gasteiger partial charge in [-0.1, -0.05) is 6.07 Å². The van der Waals surface area contributed by atoms with Crippen molar-refractivity contribution in [2.24, 2.45) is 0 Å². The summed E-state index contributed by atoms with van der Waals surface area (Å²) in [4.78, 5) is 11.2. The van der Waals surface area contributed by atoms with Crippen molar-refractivity contribution in [2.75, 3.05) is 32.5 Å². The molecule has 0 atom stereocenters. The summed E-state index contributed by atoms with van der Waals surface area (Å²) in [5.41, 5.74) is 2.12. The number of fused-ring (bicyclic) bond motifs is 1. The molecule has 0 saturated heterocycles. The quantitative estimate of drug-likeness (QED) is 0.466. The SMILES string of the molecule is CN(C)CCNc1cccc(-c2cnn3ccc(OCc4cc(F)ccc4F)nc23)n1. The Morgan fingerprint density at radius 1 is 1.10 bits per heavy atom. The molecule has 0 spiro atoms. The van der Waals surface area contributed by atoms with Crippen LogP contribution in [-0.4, -0.2) is 51.7 Å². The Labute approximate surface area is 178 Å². The standard InChI is InChI=1S/C22H22F2N6O/c1-29(2)11-9-25-20-5-3-4-19(27-20)17-13-26-30-10-8-21(28-22(17)30)31-14-15-12-16(23)6-7-18(15)24/h3-8,10,12-13H,9,11,14H2,1-2H3,(H,25,27). The second-order valence-corrected chi connectivity index (χ2v) is 7.25. The van der Waals surface area contributed by atoms with Gasteiger partial charge in [0.1, 0.15) is 24.1 Å². The number of benzene rings is 1. The van der Waals surface area contributed by atoms with Crippen molar-refractivity contribution in [3.8, 4) is 17.1 Å². The zero-order chi connectivity index (χ0) is 21.8. The number of anilines is 1. The van der Waals surface area contributed by atoms with Crippen molar-refractivity contribution in [2.45, 2.75) is 6.61 Å². The van der Waals surface area contributed by atoms with E-state index in [1.165, 1.54) is 0 Å². The van der Waals surface area contributed by atoms with Crippen molar-refractivity contribution in [1.29, 1.82) is 0 Å². The molecule has 0 fully saturated rings. The highest BCUT2D eigenvalue weighted by molar-refractivity contribution is 5.75. The first kappa shape index (κ1) is 20.7. The van der Waals surface area contributed by atoms with E-state index >= 15 is 0 Å². The highest BCUT2D eigenvalue weighted by Gasteiger charge is 2.12. The van der Waals surface area contributed by atoms with E-state index in [2.05, 4.69) is 25.3 Å². The topological polar surface area (TPSA) is 67.6 Å². The minimum Gasteiger partial charge on any atom is -0.473 e. The Morgan fingerprint density at radius 2 is 1.97 bits per heavy atom. The highest BCUT2D eigenvalue weighted by atomic mass is 19.1. The lowest BCUT2D eigenvalue weighted by Gasteiger charge is -2.11. The smallest absolute Gasteiger partial charge is 0.217 e. The van der Waals surface area contributed by atoms with Crippen LogP contribution in [-0.2, 0) is 6.61 Å². The minimum atomic E-state index is -0.532. The van der Waals surface area contributed by atoms with Crippen molar-refractivity contribution < 1.29 is 13.5 Å². The summed E-state index contributed by atoms with van der Waals surface area (Å²) in [6, 6.07) is 10.6. The van der Waals surface area contributed by atoms with Crippen molar-refractivity contribution in [3.63, 3.8) is 0 Å². The van der Waals surface area contributed by atoms with Crippen molar-refractivity contribution >= 4 is 11.5 Å². The predicted octanol–water partition coefficient (Wildman–Crippen LogP) is 3.62. The molecule has 4 aromatic rings. The molecule has 0 aliphatic rings. The van der Waals surface area contributed by atoms with Gasteiger partial charge in [-0.2, -0.15) is 10.1 Å². The number of halogens is 2. The summed E-state index contributed by atoms with van der Waals surface area (Å²) >= 11 is 0. The maximum atomic E-state index is 13.8. The number of hydrogen-bond acceptors (Lipinski definition) is 6. The van der Waals surface area contributed by atoms with Gasteiger partial charge in [-0.15, -0.1) is 0 Å². The van der Waals surface area contributed by atoms with E-state index in [0.717, 1.165) is 42.7 Å². The molecule has 3 heterocycles. The lowest BCUT2D eigenvalue weighted by Crippen LogP contribution is -2.21. The number of ether oxygens (including phenoxy) is 1. The minimum absolute atomic E-state index is 0.119. The maximum absolute atomic E-state index is 13.8. The summed E-state index contributed by atoms with van der Waals surface area (Å²) in [5.74, 6) is -0.0206. The van der Waals surface area contributed by atoms with E-state index in [1.807, 2.05) is 32.3 Å². The number of hydrogen-bond donors (Lipinski definition) is 1. The molecule has 0 saturated carbocycles. The van der Waals surface area contributed by atoms with E-state index in [1.54, 1.807) is 23.0 Å². The van der Waals surface area contributed by atoms with Gasteiger partial charge in [0.15, 0.2) is 5.65 Å². The molecule has 3 aromatic heterocycles. The Balaban J connectivity index is 1.55. The third-order valence-electron chi connectivity index (χ3n) is 4.62. The molecule has 0 radical (unpaired) electrons. The molecule has 4 rings (SSSR count). The molecule has 0 unspecified atom stereocenters. The van der Waals surface area contributed by atoms with E-state index in [-0.39, 0.29) is 18.1 Å². The third kappa shape index (κ3) is 4.95. The fraction of sp³-hybridized carbons (Fsp3) is 0.227. The van der Waals surface area contributed by atoms with Gasteiger partial charge >= 0.3 is 0 Å². The van der Waals surface area contributed by atoms with Crippen LogP contribution >= 0.6 is 0 Å². The molecule has 0 aliphatic carbocycles. The van der Waals surface area contributed by atoms with E-state index in [4.69, 9.17) is 4.74 Å². The number of nitrogens with zero attached hydrogens (tertiary/aromatic N) is 5. The molecular weight excluding hydrogens is 402 g/mol.